The van der Waals surface area contributed by atoms with Crippen LogP contribution in [0.2, 0.25) is 0 Å². The van der Waals surface area contributed by atoms with Crippen molar-refractivity contribution in [2.75, 3.05) is 0 Å². The monoisotopic (exact) mass is 312 g/mol. The number of allylic oxidation sites excluding steroid dienone is 1. The topological polar surface area (TPSA) is 0 Å². The number of hydrogen-bond donors (Lipinski definition) is 0. The van der Waals surface area contributed by atoms with Gasteiger partial charge in [-0.3, -0.25) is 0 Å². The molecular formula is C24H24. The van der Waals surface area contributed by atoms with Gasteiger partial charge in [-0.1, -0.05) is 110 Å². The van der Waals surface area contributed by atoms with Crippen molar-refractivity contribution in [3.8, 4) is 0 Å². The molecule has 0 aromatic heterocycles. The molecule has 120 valence electrons. The summed E-state index contributed by atoms with van der Waals surface area (Å²) in [6, 6.07) is 32.2. The quantitative estimate of drug-likeness (QED) is 0.476. The third-order valence-corrected chi connectivity index (χ3v) is 4.52. The van der Waals surface area contributed by atoms with E-state index in [1.165, 1.54) is 16.7 Å². The molecule has 0 bridgehead atoms. The maximum atomic E-state index is 2.35. The van der Waals surface area contributed by atoms with Gasteiger partial charge in [0.2, 0.25) is 0 Å². The summed E-state index contributed by atoms with van der Waals surface area (Å²) >= 11 is 0. The van der Waals surface area contributed by atoms with Crippen LogP contribution in [0.5, 0.6) is 0 Å². The number of benzene rings is 3. The average molecular weight is 312 g/mol. The van der Waals surface area contributed by atoms with E-state index in [2.05, 4.69) is 110 Å². The van der Waals surface area contributed by atoms with Gasteiger partial charge < -0.3 is 0 Å². The predicted octanol–water partition coefficient (Wildman–Crippen LogP) is 6.68. The summed E-state index contributed by atoms with van der Waals surface area (Å²) in [5.74, 6) is 0.943. The van der Waals surface area contributed by atoms with Gasteiger partial charge in [-0.05, 0) is 29.0 Å². The summed E-state index contributed by atoms with van der Waals surface area (Å²) in [5, 5.41) is 0. The Morgan fingerprint density at radius 3 is 1.75 bits per heavy atom. The summed E-state index contributed by atoms with van der Waals surface area (Å²) in [6.07, 6.45) is 5.71. The summed E-state index contributed by atoms with van der Waals surface area (Å²) in [7, 11) is 0. The lowest BCUT2D eigenvalue weighted by Gasteiger charge is -2.19. The SMILES string of the molecule is CC(CC(/C=C/c1ccccc1)c1ccccc1)c1ccccc1. The Kier molecular flexibility index (Phi) is 5.63. The first-order valence-electron chi connectivity index (χ1n) is 8.66. The molecule has 0 fully saturated rings. The second-order valence-corrected chi connectivity index (χ2v) is 6.33. The van der Waals surface area contributed by atoms with E-state index in [9.17, 15) is 0 Å². The van der Waals surface area contributed by atoms with Gasteiger partial charge in [-0.25, -0.2) is 0 Å². The van der Waals surface area contributed by atoms with E-state index in [0.717, 1.165) is 6.42 Å². The normalized spacial score (nSPS) is 13.7. The molecule has 0 heterocycles. The van der Waals surface area contributed by atoms with E-state index in [0.29, 0.717) is 11.8 Å². The van der Waals surface area contributed by atoms with Gasteiger partial charge in [0.15, 0.2) is 0 Å². The molecule has 3 aromatic rings. The molecule has 0 N–H and O–H groups in total. The van der Waals surface area contributed by atoms with Gasteiger partial charge in [-0.2, -0.15) is 0 Å². The average Bonchev–Trinajstić information content (AvgIpc) is 2.67. The van der Waals surface area contributed by atoms with Gasteiger partial charge in [0, 0.05) is 5.92 Å². The molecule has 0 nitrogen and oxygen atoms in total. The minimum atomic E-state index is 0.418. The lowest BCUT2D eigenvalue weighted by Crippen LogP contribution is -2.02. The van der Waals surface area contributed by atoms with Crippen LogP contribution in [0.25, 0.3) is 6.08 Å². The molecule has 0 saturated heterocycles. The zero-order valence-corrected chi connectivity index (χ0v) is 14.2. The molecule has 2 atom stereocenters. The summed E-state index contributed by atoms with van der Waals surface area (Å²) < 4.78 is 0. The molecule has 0 amide bonds. The zero-order chi connectivity index (χ0) is 16.6. The van der Waals surface area contributed by atoms with Crippen LogP contribution in [-0.4, -0.2) is 0 Å². The first-order chi connectivity index (χ1) is 11.8. The van der Waals surface area contributed by atoms with Crippen molar-refractivity contribution in [1.82, 2.24) is 0 Å². The van der Waals surface area contributed by atoms with Gasteiger partial charge in [0.05, 0.1) is 0 Å². The Balaban J connectivity index is 1.81. The maximum Gasteiger partial charge on any atom is 0.00270 e. The second kappa shape index (κ2) is 8.31. The third-order valence-electron chi connectivity index (χ3n) is 4.52. The Labute approximate surface area is 145 Å². The standard InChI is InChI=1S/C24H24/c1-20(22-13-7-3-8-14-22)19-24(23-15-9-4-10-16-23)18-17-21-11-5-2-6-12-21/h2-18,20,24H,19H2,1H3/b18-17+. The van der Waals surface area contributed by atoms with E-state index in [1.54, 1.807) is 0 Å². The molecule has 0 aliphatic heterocycles. The van der Waals surface area contributed by atoms with Crippen LogP contribution in [0, 0.1) is 0 Å². The van der Waals surface area contributed by atoms with E-state index in [4.69, 9.17) is 0 Å². The molecular weight excluding hydrogens is 288 g/mol. The van der Waals surface area contributed by atoms with Gasteiger partial charge in [-0.15, -0.1) is 0 Å². The molecule has 3 rings (SSSR count). The molecule has 0 heteroatoms. The van der Waals surface area contributed by atoms with Gasteiger partial charge in [0.25, 0.3) is 0 Å². The highest BCUT2D eigenvalue weighted by atomic mass is 14.2. The van der Waals surface area contributed by atoms with Crippen molar-refractivity contribution in [3.63, 3.8) is 0 Å². The third kappa shape index (κ3) is 4.45. The fourth-order valence-electron chi connectivity index (χ4n) is 3.12. The Morgan fingerprint density at radius 2 is 1.17 bits per heavy atom. The van der Waals surface area contributed by atoms with Crippen molar-refractivity contribution < 1.29 is 0 Å². The van der Waals surface area contributed by atoms with Crippen LogP contribution in [-0.2, 0) is 0 Å². The minimum absolute atomic E-state index is 0.418. The zero-order valence-electron chi connectivity index (χ0n) is 14.2. The molecule has 0 saturated carbocycles. The van der Waals surface area contributed by atoms with E-state index < -0.39 is 0 Å². The van der Waals surface area contributed by atoms with Crippen molar-refractivity contribution in [1.29, 1.82) is 0 Å². The molecule has 0 aliphatic rings. The Morgan fingerprint density at radius 1 is 0.667 bits per heavy atom. The highest BCUT2D eigenvalue weighted by Crippen LogP contribution is 2.31. The van der Waals surface area contributed by atoms with Gasteiger partial charge in [0.1, 0.15) is 0 Å². The maximum absolute atomic E-state index is 2.35. The first-order valence-corrected chi connectivity index (χ1v) is 8.66. The lowest BCUT2D eigenvalue weighted by atomic mass is 9.85. The molecule has 2 unspecified atom stereocenters. The lowest BCUT2D eigenvalue weighted by molar-refractivity contribution is 0.630. The van der Waals surface area contributed by atoms with Crippen molar-refractivity contribution in [2.24, 2.45) is 0 Å². The minimum Gasteiger partial charge on any atom is -0.0764 e. The molecule has 3 aromatic carbocycles. The van der Waals surface area contributed by atoms with Crippen LogP contribution < -0.4 is 0 Å². The van der Waals surface area contributed by atoms with E-state index in [-0.39, 0.29) is 0 Å². The largest absolute Gasteiger partial charge is 0.0764 e. The smallest absolute Gasteiger partial charge is 0.00270 e. The predicted molar refractivity (Wildman–Crippen MR) is 104 cm³/mol. The molecule has 0 aliphatic carbocycles. The highest BCUT2D eigenvalue weighted by Gasteiger charge is 2.14. The van der Waals surface area contributed by atoms with E-state index in [1.807, 2.05) is 0 Å². The van der Waals surface area contributed by atoms with Gasteiger partial charge >= 0.3 is 0 Å². The number of rotatable bonds is 6. The fraction of sp³-hybridized carbons (Fsp3) is 0.167. The second-order valence-electron chi connectivity index (χ2n) is 6.33. The summed E-state index contributed by atoms with van der Waals surface area (Å²) in [5.41, 5.74) is 4.05. The summed E-state index contributed by atoms with van der Waals surface area (Å²) in [4.78, 5) is 0. The van der Waals surface area contributed by atoms with Crippen LogP contribution in [0.3, 0.4) is 0 Å². The van der Waals surface area contributed by atoms with Crippen LogP contribution >= 0.6 is 0 Å². The van der Waals surface area contributed by atoms with Crippen molar-refractivity contribution in [3.05, 3.63) is 114 Å². The molecule has 24 heavy (non-hydrogen) atoms. The first kappa shape index (κ1) is 16.3. The fourth-order valence-corrected chi connectivity index (χ4v) is 3.12. The molecule has 0 spiro atoms. The summed E-state index contributed by atoms with van der Waals surface area (Å²) in [6.45, 7) is 2.32. The van der Waals surface area contributed by atoms with Crippen molar-refractivity contribution >= 4 is 6.08 Å². The van der Waals surface area contributed by atoms with Crippen LogP contribution in [0.1, 0.15) is 41.9 Å². The van der Waals surface area contributed by atoms with Crippen molar-refractivity contribution in [2.45, 2.75) is 25.2 Å². The molecule has 0 radical (unpaired) electrons. The van der Waals surface area contributed by atoms with E-state index >= 15 is 0 Å². The highest BCUT2D eigenvalue weighted by molar-refractivity contribution is 5.50. The number of hydrogen-bond acceptors (Lipinski definition) is 0. The van der Waals surface area contributed by atoms with Crippen LogP contribution in [0.15, 0.2) is 97.1 Å². The Hall–Kier alpha value is -2.60. The van der Waals surface area contributed by atoms with Crippen LogP contribution in [0.4, 0.5) is 0 Å². The Bertz CT molecular complexity index is 742.